The fraction of sp³-hybridized carbons (Fsp3) is 0.316. The van der Waals surface area contributed by atoms with Crippen LogP contribution in [0.1, 0.15) is 0 Å². The van der Waals surface area contributed by atoms with Crippen molar-refractivity contribution in [2.24, 2.45) is 0 Å². The van der Waals surface area contributed by atoms with E-state index in [2.05, 4.69) is 24.7 Å². The van der Waals surface area contributed by atoms with Crippen LogP contribution in [0.25, 0.3) is 10.9 Å². The van der Waals surface area contributed by atoms with Crippen LogP contribution in [0.15, 0.2) is 42.6 Å². The molecule has 0 N–H and O–H groups in total. The number of nitro benzene ring substituents is 1. The van der Waals surface area contributed by atoms with E-state index in [0.29, 0.717) is 17.5 Å². The molecule has 1 heterocycles. The molecular formula is C19H22FN3O4Si. The normalized spacial score (nSPS) is 11.7. The van der Waals surface area contributed by atoms with Crippen molar-refractivity contribution in [1.82, 2.24) is 9.78 Å². The minimum Gasteiger partial charge on any atom is -0.450 e. The molecule has 7 nitrogen and oxygen atoms in total. The number of hydrogen-bond donors (Lipinski definition) is 0. The van der Waals surface area contributed by atoms with Crippen LogP contribution >= 0.6 is 0 Å². The highest BCUT2D eigenvalue weighted by molar-refractivity contribution is 6.76. The predicted molar refractivity (Wildman–Crippen MR) is 107 cm³/mol. The molecule has 0 aliphatic heterocycles. The SMILES string of the molecule is C[Si](C)(C)CCOCn1ncc2cc([N+](=O)[O-])c(Oc3cccc(F)c3)cc21. The van der Waals surface area contributed by atoms with Gasteiger partial charge >= 0.3 is 5.69 Å². The number of benzene rings is 2. The van der Waals surface area contributed by atoms with E-state index in [9.17, 15) is 14.5 Å². The van der Waals surface area contributed by atoms with E-state index in [1.165, 1.54) is 36.4 Å². The third kappa shape index (κ3) is 4.93. The fourth-order valence-corrected chi connectivity index (χ4v) is 3.37. The number of ether oxygens (including phenoxy) is 2. The standard InChI is InChI=1S/C19H22FN3O4Si/c1-28(2,3)8-7-26-13-22-17-11-19(27-16-6-4-5-15(20)10-16)18(23(24)25)9-14(17)12-21-22/h4-6,9-12H,7-8,13H2,1-3H3. The van der Waals surface area contributed by atoms with Gasteiger partial charge in [0, 0.05) is 38.3 Å². The number of hydrogen-bond acceptors (Lipinski definition) is 5. The average Bonchev–Trinajstić information content (AvgIpc) is 2.99. The molecule has 1 aromatic heterocycles. The number of fused-ring (bicyclic) bond motifs is 1. The van der Waals surface area contributed by atoms with E-state index in [1.807, 2.05) is 0 Å². The number of halogens is 1. The lowest BCUT2D eigenvalue weighted by atomic mass is 10.2. The molecule has 2 aromatic carbocycles. The summed E-state index contributed by atoms with van der Waals surface area (Å²) in [6, 6.07) is 9.43. The quantitative estimate of drug-likeness (QED) is 0.224. The van der Waals surface area contributed by atoms with Crippen molar-refractivity contribution >= 4 is 24.7 Å². The van der Waals surface area contributed by atoms with E-state index in [-0.39, 0.29) is 23.9 Å². The van der Waals surface area contributed by atoms with Crippen molar-refractivity contribution in [3.63, 3.8) is 0 Å². The molecule has 0 aliphatic rings. The largest absolute Gasteiger partial charge is 0.450 e. The summed E-state index contributed by atoms with van der Waals surface area (Å²) in [5.74, 6) is -0.283. The van der Waals surface area contributed by atoms with Gasteiger partial charge in [-0.25, -0.2) is 9.07 Å². The first-order valence-electron chi connectivity index (χ1n) is 8.88. The third-order valence-electron chi connectivity index (χ3n) is 4.15. The van der Waals surface area contributed by atoms with E-state index < -0.39 is 18.8 Å². The molecule has 0 radical (unpaired) electrons. The summed E-state index contributed by atoms with van der Waals surface area (Å²) in [7, 11) is -1.19. The Balaban J connectivity index is 1.87. The minimum atomic E-state index is -1.19. The van der Waals surface area contributed by atoms with E-state index in [1.54, 1.807) is 10.9 Å². The number of aromatic nitrogens is 2. The minimum absolute atomic E-state index is 0.0203. The topological polar surface area (TPSA) is 79.4 Å². The van der Waals surface area contributed by atoms with Crippen molar-refractivity contribution in [2.45, 2.75) is 32.4 Å². The van der Waals surface area contributed by atoms with Crippen LogP contribution in [0.2, 0.25) is 25.7 Å². The smallest absolute Gasteiger partial charge is 0.312 e. The van der Waals surface area contributed by atoms with E-state index in [4.69, 9.17) is 9.47 Å². The monoisotopic (exact) mass is 403 g/mol. The first-order valence-corrected chi connectivity index (χ1v) is 12.6. The molecule has 0 amide bonds. The molecule has 0 saturated carbocycles. The summed E-state index contributed by atoms with van der Waals surface area (Å²) in [4.78, 5) is 10.9. The van der Waals surface area contributed by atoms with Gasteiger partial charge in [0.15, 0.2) is 0 Å². The molecule has 0 aliphatic carbocycles. The Morgan fingerprint density at radius 3 is 2.71 bits per heavy atom. The maximum atomic E-state index is 13.4. The summed E-state index contributed by atoms with van der Waals surface area (Å²) >= 11 is 0. The molecule has 3 rings (SSSR count). The van der Waals surface area contributed by atoms with Gasteiger partial charge in [0.2, 0.25) is 5.75 Å². The van der Waals surface area contributed by atoms with Gasteiger partial charge in [-0.1, -0.05) is 25.7 Å². The van der Waals surface area contributed by atoms with Gasteiger partial charge < -0.3 is 9.47 Å². The molecule has 0 saturated heterocycles. The van der Waals surface area contributed by atoms with Gasteiger partial charge in [-0.3, -0.25) is 10.1 Å². The maximum absolute atomic E-state index is 13.4. The molecule has 0 bridgehead atoms. The van der Waals surface area contributed by atoms with Crippen molar-refractivity contribution in [3.8, 4) is 11.5 Å². The van der Waals surface area contributed by atoms with Crippen LogP contribution < -0.4 is 4.74 Å². The summed E-state index contributed by atoms with van der Waals surface area (Å²) < 4.78 is 26.4. The average molecular weight is 403 g/mol. The highest BCUT2D eigenvalue weighted by Crippen LogP contribution is 2.35. The van der Waals surface area contributed by atoms with Crippen LogP contribution in [0, 0.1) is 15.9 Å². The first-order chi connectivity index (χ1) is 13.2. The molecule has 0 spiro atoms. The Kier molecular flexibility index (Phi) is 5.75. The zero-order chi connectivity index (χ0) is 20.3. The highest BCUT2D eigenvalue weighted by Gasteiger charge is 2.20. The lowest BCUT2D eigenvalue weighted by molar-refractivity contribution is -0.385. The van der Waals surface area contributed by atoms with Gasteiger partial charge in [-0.05, 0) is 18.2 Å². The van der Waals surface area contributed by atoms with Crippen molar-refractivity contribution < 1.29 is 18.8 Å². The lowest BCUT2D eigenvalue weighted by Crippen LogP contribution is -2.22. The zero-order valence-electron chi connectivity index (χ0n) is 16.0. The van der Waals surface area contributed by atoms with E-state index >= 15 is 0 Å². The number of nitro groups is 1. The van der Waals surface area contributed by atoms with E-state index in [0.717, 1.165) is 6.04 Å². The van der Waals surface area contributed by atoms with Crippen LogP contribution in [0.3, 0.4) is 0 Å². The van der Waals surface area contributed by atoms with Gasteiger partial charge in [0.1, 0.15) is 18.3 Å². The second-order valence-corrected chi connectivity index (χ2v) is 13.3. The molecule has 148 valence electrons. The Labute approximate surface area is 162 Å². The zero-order valence-corrected chi connectivity index (χ0v) is 17.0. The van der Waals surface area contributed by atoms with Crippen molar-refractivity contribution in [3.05, 3.63) is 58.5 Å². The maximum Gasteiger partial charge on any atom is 0.312 e. The highest BCUT2D eigenvalue weighted by atomic mass is 28.3. The van der Waals surface area contributed by atoms with Crippen LogP contribution in [0.5, 0.6) is 11.5 Å². The van der Waals surface area contributed by atoms with Gasteiger partial charge in [0.25, 0.3) is 0 Å². The van der Waals surface area contributed by atoms with Crippen LogP contribution in [-0.4, -0.2) is 29.4 Å². The molecule has 9 heteroatoms. The predicted octanol–water partition coefficient (Wildman–Crippen LogP) is 5.19. The van der Waals surface area contributed by atoms with Crippen LogP contribution in [-0.2, 0) is 11.5 Å². The fourth-order valence-electron chi connectivity index (χ4n) is 2.61. The molecule has 0 atom stereocenters. The lowest BCUT2D eigenvalue weighted by Gasteiger charge is -2.15. The number of nitrogens with zero attached hydrogens (tertiary/aromatic N) is 3. The van der Waals surface area contributed by atoms with Gasteiger partial charge in [0.05, 0.1) is 16.6 Å². The summed E-state index contributed by atoms with van der Waals surface area (Å²) in [6.45, 7) is 7.69. The molecule has 3 aromatic rings. The Morgan fingerprint density at radius 2 is 2.04 bits per heavy atom. The third-order valence-corrected chi connectivity index (χ3v) is 5.86. The Hall–Kier alpha value is -2.78. The molecule has 0 fully saturated rings. The molecule has 0 unspecified atom stereocenters. The Morgan fingerprint density at radius 1 is 1.25 bits per heavy atom. The van der Waals surface area contributed by atoms with Gasteiger partial charge in [-0.15, -0.1) is 0 Å². The first kappa shape index (κ1) is 20.0. The summed E-state index contributed by atoms with van der Waals surface area (Å²) in [6.07, 6.45) is 1.55. The summed E-state index contributed by atoms with van der Waals surface area (Å²) in [5, 5.41) is 16.3. The summed E-state index contributed by atoms with van der Waals surface area (Å²) in [5.41, 5.74) is 0.431. The number of rotatable bonds is 8. The van der Waals surface area contributed by atoms with Gasteiger partial charge in [-0.2, -0.15) is 5.10 Å². The van der Waals surface area contributed by atoms with Crippen molar-refractivity contribution in [2.75, 3.05) is 6.61 Å². The van der Waals surface area contributed by atoms with Crippen molar-refractivity contribution in [1.29, 1.82) is 0 Å². The second kappa shape index (κ2) is 8.07. The van der Waals surface area contributed by atoms with Crippen LogP contribution in [0.4, 0.5) is 10.1 Å². The molecular weight excluding hydrogens is 381 g/mol. The molecule has 28 heavy (non-hydrogen) atoms. The Bertz CT molecular complexity index is 1000. The second-order valence-electron chi connectivity index (χ2n) is 7.69.